The molecule has 0 unspecified atom stereocenters. The minimum Gasteiger partial charge on any atom is -0.497 e. The Morgan fingerprint density at radius 1 is 0.415 bits per heavy atom. The van der Waals surface area contributed by atoms with E-state index in [0.717, 1.165) is 54.1 Å². The summed E-state index contributed by atoms with van der Waals surface area (Å²) < 4.78 is 40.0. The van der Waals surface area contributed by atoms with Crippen molar-refractivity contribution >= 4 is 0 Å². The van der Waals surface area contributed by atoms with Gasteiger partial charge in [0.15, 0.2) is 23.0 Å². The first-order valence-electron chi connectivity index (χ1n) is 13.4. The summed E-state index contributed by atoms with van der Waals surface area (Å²) in [6, 6.07) is 23.9. The average molecular weight is 559 g/mol. The van der Waals surface area contributed by atoms with Crippen LogP contribution in [0.4, 0.5) is 0 Å². The van der Waals surface area contributed by atoms with Crippen molar-refractivity contribution in [1.29, 1.82) is 0 Å². The van der Waals surface area contributed by atoms with Gasteiger partial charge < -0.3 is 33.2 Å². The standard InChI is InChI=1S/C34H38O7/c1-35-27-16-13-23(14-17-27)12-15-26-21-31(30(38-4)22-29(26)37-3)41-34-32(39-5)19-25(20-33(34)40-6)11-10-24-8-7-9-28(18-24)36-2/h7-9,13-14,16-22H,10-12,15H2,1-6H3. The van der Waals surface area contributed by atoms with Crippen LogP contribution in [0, 0.1) is 0 Å². The van der Waals surface area contributed by atoms with Crippen LogP contribution in [0.5, 0.6) is 46.0 Å². The first kappa shape index (κ1) is 29.5. The molecule has 4 aromatic carbocycles. The summed E-state index contributed by atoms with van der Waals surface area (Å²) in [6.07, 6.45) is 3.20. The van der Waals surface area contributed by atoms with E-state index in [0.29, 0.717) is 28.7 Å². The number of ether oxygens (including phenoxy) is 7. The van der Waals surface area contributed by atoms with Crippen LogP contribution in [-0.4, -0.2) is 42.7 Å². The van der Waals surface area contributed by atoms with Crippen molar-refractivity contribution in [2.24, 2.45) is 0 Å². The zero-order valence-corrected chi connectivity index (χ0v) is 24.6. The zero-order valence-electron chi connectivity index (χ0n) is 24.6. The minimum atomic E-state index is 0.477. The second-order valence-corrected chi connectivity index (χ2v) is 9.45. The SMILES string of the molecule is COc1ccc(CCc2cc(Oc3c(OC)cc(CCc4cccc(OC)c4)cc3OC)c(OC)cc2OC)cc1. The van der Waals surface area contributed by atoms with Crippen molar-refractivity contribution < 1.29 is 33.2 Å². The van der Waals surface area contributed by atoms with Crippen molar-refractivity contribution in [2.45, 2.75) is 25.7 Å². The van der Waals surface area contributed by atoms with E-state index < -0.39 is 0 Å². The summed E-state index contributed by atoms with van der Waals surface area (Å²) in [7, 11) is 9.85. The van der Waals surface area contributed by atoms with Gasteiger partial charge in [-0.2, -0.15) is 0 Å². The fourth-order valence-corrected chi connectivity index (χ4v) is 4.69. The summed E-state index contributed by atoms with van der Waals surface area (Å²) in [5.41, 5.74) is 4.44. The van der Waals surface area contributed by atoms with Crippen molar-refractivity contribution in [3.05, 3.63) is 95.1 Å². The highest BCUT2D eigenvalue weighted by Crippen LogP contribution is 2.45. The molecule has 4 rings (SSSR count). The maximum absolute atomic E-state index is 6.45. The van der Waals surface area contributed by atoms with Gasteiger partial charge >= 0.3 is 0 Å². The third-order valence-corrected chi connectivity index (χ3v) is 6.98. The zero-order chi connectivity index (χ0) is 29.2. The number of aryl methyl sites for hydroxylation is 4. The van der Waals surface area contributed by atoms with Crippen LogP contribution in [0.25, 0.3) is 0 Å². The number of hydrogen-bond donors (Lipinski definition) is 0. The molecule has 0 aliphatic rings. The van der Waals surface area contributed by atoms with E-state index in [4.69, 9.17) is 33.2 Å². The third-order valence-electron chi connectivity index (χ3n) is 6.98. The van der Waals surface area contributed by atoms with Gasteiger partial charge in [0.1, 0.15) is 17.2 Å². The highest BCUT2D eigenvalue weighted by molar-refractivity contribution is 5.59. The first-order chi connectivity index (χ1) is 20.0. The molecule has 0 amide bonds. The third kappa shape index (κ3) is 7.37. The van der Waals surface area contributed by atoms with Crippen LogP contribution in [0.15, 0.2) is 72.8 Å². The van der Waals surface area contributed by atoms with Crippen LogP contribution in [0.3, 0.4) is 0 Å². The van der Waals surface area contributed by atoms with Crippen LogP contribution in [0.2, 0.25) is 0 Å². The Balaban J connectivity index is 1.59. The summed E-state index contributed by atoms with van der Waals surface area (Å²) in [5.74, 6) is 5.11. The Bertz CT molecular complexity index is 1400. The van der Waals surface area contributed by atoms with E-state index >= 15 is 0 Å². The average Bonchev–Trinajstić information content (AvgIpc) is 3.03. The molecule has 0 N–H and O–H groups in total. The van der Waals surface area contributed by atoms with E-state index in [1.54, 1.807) is 42.7 Å². The molecule has 0 bridgehead atoms. The molecule has 0 saturated carbocycles. The Morgan fingerprint density at radius 3 is 1.63 bits per heavy atom. The molecule has 0 fully saturated rings. The Kier molecular flexibility index (Phi) is 10.2. The van der Waals surface area contributed by atoms with Crippen molar-refractivity contribution in [2.75, 3.05) is 42.7 Å². The van der Waals surface area contributed by atoms with E-state index in [-0.39, 0.29) is 0 Å². The summed E-state index contributed by atoms with van der Waals surface area (Å²) in [5, 5.41) is 0. The molecule has 0 aromatic heterocycles. The second kappa shape index (κ2) is 14.2. The lowest BCUT2D eigenvalue weighted by Gasteiger charge is -2.19. The van der Waals surface area contributed by atoms with E-state index in [2.05, 4.69) is 18.2 Å². The molecule has 7 nitrogen and oxygen atoms in total. The lowest BCUT2D eigenvalue weighted by atomic mass is 10.0. The largest absolute Gasteiger partial charge is 0.497 e. The quantitative estimate of drug-likeness (QED) is 0.164. The van der Waals surface area contributed by atoms with Crippen molar-refractivity contribution in [3.8, 4) is 46.0 Å². The Hall–Kier alpha value is -4.52. The van der Waals surface area contributed by atoms with Gasteiger partial charge in [0, 0.05) is 6.07 Å². The van der Waals surface area contributed by atoms with Crippen molar-refractivity contribution in [1.82, 2.24) is 0 Å². The molecular formula is C34H38O7. The van der Waals surface area contributed by atoms with Crippen LogP contribution in [-0.2, 0) is 25.7 Å². The molecule has 41 heavy (non-hydrogen) atoms. The predicted molar refractivity (Wildman–Crippen MR) is 160 cm³/mol. The molecule has 4 aromatic rings. The maximum atomic E-state index is 6.45. The lowest BCUT2D eigenvalue weighted by Crippen LogP contribution is -2.01. The Labute approximate surface area is 242 Å². The van der Waals surface area contributed by atoms with Crippen LogP contribution < -0.4 is 33.2 Å². The van der Waals surface area contributed by atoms with E-state index in [1.165, 1.54) is 11.1 Å². The van der Waals surface area contributed by atoms with Gasteiger partial charge in [0.25, 0.3) is 0 Å². The van der Waals surface area contributed by atoms with Crippen molar-refractivity contribution in [3.63, 3.8) is 0 Å². The van der Waals surface area contributed by atoms with Crippen LogP contribution >= 0.6 is 0 Å². The molecule has 7 heteroatoms. The first-order valence-corrected chi connectivity index (χ1v) is 13.4. The van der Waals surface area contributed by atoms with Gasteiger partial charge in [0.05, 0.1) is 42.7 Å². The maximum Gasteiger partial charge on any atom is 0.211 e. The molecule has 0 spiro atoms. The van der Waals surface area contributed by atoms with Crippen LogP contribution in [0.1, 0.15) is 22.3 Å². The van der Waals surface area contributed by atoms with Gasteiger partial charge in [-0.05, 0) is 90.4 Å². The molecular weight excluding hydrogens is 520 g/mol. The number of hydrogen-bond acceptors (Lipinski definition) is 7. The highest BCUT2D eigenvalue weighted by atomic mass is 16.6. The summed E-state index contributed by atoms with van der Waals surface area (Å²) in [6.45, 7) is 0. The number of benzene rings is 4. The minimum absolute atomic E-state index is 0.477. The van der Waals surface area contributed by atoms with E-state index in [9.17, 15) is 0 Å². The summed E-state index contributed by atoms with van der Waals surface area (Å²) in [4.78, 5) is 0. The van der Waals surface area contributed by atoms with Gasteiger partial charge in [0.2, 0.25) is 5.75 Å². The molecule has 0 heterocycles. The fraction of sp³-hybridized carbons (Fsp3) is 0.294. The van der Waals surface area contributed by atoms with Gasteiger partial charge in [-0.1, -0.05) is 24.3 Å². The second-order valence-electron chi connectivity index (χ2n) is 9.45. The molecule has 0 aliphatic carbocycles. The Morgan fingerprint density at radius 2 is 1.02 bits per heavy atom. The van der Waals surface area contributed by atoms with E-state index in [1.807, 2.05) is 54.6 Å². The lowest BCUT2D eigenvalue weighted by molar-refractivity contribution is 0.330. The van der Waals surface area contributed by atoms with Gasteiger partial charge in [-0.15, -0.1) is 0 Å². The normalized spacial score (nSPS) is 10.6. The highest BCUT2D eigenvalue weighted by Gasteiger charge is 2.20. The monoisotopic (exact) mass is 558 g/mol. The molecule has 0 radical (unpaired) electrons. The summed E-state index contributed by atoms with van der Waals surface area (Å²) >= 11 is 0. The molecule has 0 aliphatic heterocycles. The van der Waals surface area contributed by atoms with Gasteiger partial charge in [-0.25, -0.2) is 0 Å². The fourth-order valence-electron chi connectivity index (χ4n) is 4.69. The molecule has 0 saturated heterocycles. The number of rotatable bonds is 14. The van der Waals surface area contributed by atoms with Gasteiger partial charge in [-0.3, -0.25) is 0 Å². The molecule has 216 valence electrons. The smallest absolute Gasteiger partial charge is 0.211 e. The topological polar surface area (TPSA) is 64.6 Å². The predicted octanol–water partition coefficient (Wildman–Crippen LogP) is 7.10. The molecule has 0 atom stereocenters. The number of methoxy groups -OCH3 is 6.